The summed E-state index contributed by atoms with van der Waals surface area (Å²) in [6, 6.07) is 2.91. The van der Waals surface area contributed by atoms with Crippen molar-refractivity contribution in [3.05, 3.63) is 22.7 Å². The first-order valence-electron chi connectivity index (χ1n) is 6.69. The molecule has 0 aromatic heterocycles. The molecule has 0 aliphatic carbocycles. The monoisotopic (exact) mass is 385 g/mol. The van der Waals surface area contributed by atoms with Gasteiger partial charge in [-0.2, -0.15) is 0 Å². The quantitative estimate of drug-likeness (QED) is 0.462. The molecule has 0 fully saturated rings. The molecule has 0 aliphatic rings. The number of nitrogens with one attached hydrogen (secondary N) is 2. The number of hydrogen-bond acceptors (Lipinski definition) is 5. The Morgan fingerprint density at radius 3 is 2.57 bits per heavy atom. The van der Waals surface area contributed by atoms with Crippen LogP contribution in [0.1, 0.15) is 23.7 Å². The molecule has 10 heteroatoms. The largest absolute Gasteiger partial charge is 0.496 e. The lowest BCUT2D eigenvalue weighted by atomic mass is 10.1. The van der Waals surface area contributed by atoms with Crippen LogP contribution in [0.4, 0.5) is 5.69 Å². The Bertz CT molecular complexity index is 638. The van der Waals surface area contributed by atoms with Gasteiger partial charge in [0.05, 0.1) is 29.1 Å². The summed E-state index contributed by atoms with van der Waals surface area (Å²) in [5.74, 6) is -0.0104. The van der Waals surface area contributed by atoms with E-state index in [2.05, 4.69) is 10.0 Å². The summed E-state index contributed by atoms with van der Waals surface area (Å²) in [5.41, 5.74) is 6.25. The number of halogens is 2. The lowest BCUT2D eigenvalue weighted by molar-refractivity contribution is 0.0950. The third-order valence-corrected chi connectivity index (χ3v) is 4.64. The molecule has 1 aromatic carbocycles. The van der Waals surface area contributed by atoms with Gasteiger partial charge in [0.2, 0.25) is 10.0 Å². The zero-order valence-electron chi connectivity index (χ0n) is 12.9. The fourth-order valence-corrected chi connectivity index (χ4v) is 2.45. The van der Waals surface area contributed by atoms with Crippen LogP contribution >= 0.6 is 24.0 Å². The summed E-state index contributed by atoms with van der Waals surface area (Å²) in [4.78, 5) is 12.1. The van der Waals surface area contributed by atoms with Crippen LogP contribution in [0.3, 0.4) is 0 Å². The molecule has 1 amide bonds. The number of methoxy groups -OCH3 is 1. The van der Waals surface area contributed by atoms with Gasteiger partial charge >= 0.3 is 0 Å². The van der Waals surface area contributed by atoms with E-state index in [1.54, 1.807) is 6.92 Å². The molecule has 0 bridgehead atoms. The van der Waals surface area contributed by atoms with Crippen molar-refractivity contribution in [3.63, 3.8) is 0 Å². The number of benzene rings is 1. The second kappa shape index (κ2) is 9.82. The second-order valence-corrected chi connectivity index (χ2v) is 6.98. The van der Waals surface area contributed by atoms with Crippen LogP contribution in [0.5, 0.6) is 5.75 Å². The van der Waals surface area contributed by atoms with Gasteiger partial charge in [-0.3, -0.25) is 4.79 Å². The third-order valence-electron chi connectivity index (χ3n) is 2.90. The fraction of sp³-hybridized carbons (Fsp3) is 0.462. The molecular formula is C13H21Cl2N3O4S. The van der Waals surface area contributed by atoms with Crippen molar-refractivity contribution in [1.82, 2.24) is 10.0 Å². The summed E-state index contributed by atoms with van der Waals surface area (Å²) >= 11 is 5.90. The molecule has 7 nitrogen and oxygen atoms in total. The highest BCUT2D eigenvalue weighted by atomic mass is 35.5. The first kappa shape index (κ1) is 21.8. The Hall–Kier alpha value is -1.22. The first-order chi connectivity index (χ1) is 10.3. The second-order valence-electron chi connectivity index (χ2n) is 4.48. The van der Waals surface area contributed by atoms with Gasteiger partial charge < -0.3 is 15.8 Å². The predicted molar refractivity (Wildman–Crippen MR) is 94.1 cm³/mol. The minimum atomic E-state index is -3.21. The van der Waals surface area contributed by atoms with E-state index in [1.165, 1.54) is 19.2 Å². The highest BCUT2D eigenvalue weighted by Crippen LogP contribution is 2.28. The molecular weight excluding hydrogens is 365 g/mol. The molecule has 23 heavy (non-hydrogen) atoms. The van der Waals surface area contributed by atoms with Crippen molar-refractivity contribution in [3.8, 4) is 5.75 Å². The van der Waals surface area contributed by atoms with E-state index in [0.29, 0.717) is 24.4 Å². The number of anilines is 1. The molecule has 0 radical (unpaired) electrons. The number of carbonyl (C=O) groups excluding carboxylic acids is 1. The Morgan fingerprint density at radius 2 is 2.00 bits per heavy atom. The van der Waals surface area contributed by atoms with E-state index in [9.17, 15) is 13.2 Å². The normalized spacial score (nSPS) is 10.7. The third kappa shape index (κ3) is 6.82. The summed E-state index contributed by atoms with van der Waals surface area (Å²) in [6.07, 6.45) is 0.468. The number of amides is 1. The molecule has 1 rings (SSSR count). The van der Waals surface area contributed by atoms with Crippen LogP contribution in [-0.2, 0) is 10.0 Å². The van der Waals surface area contributed by atoms with Gasteiger partial charge in [0, 0.05) is 19.2 Å². The SMILES string of the molecule is CCS(=O)(=O)NCCCNC(=O)c1cc(Cl)c(N)cc1OC.Cl. The van der Waals surface area contributed by atoms with Crippen molar-refractivity contribution in [2.45, 2.75) is 13.3 Å². The number of hydrogen-bond donors (Lipinski definition) is 3. The molecule has 1 aromatic rings. The number of carbonyl (C=O) groups is 1. The molecule has 0 saturated heterocycles. The minimum absolute atomic E-state index is 0. The number of sulfonamides is 1. The van der Waals surface area contributed by atoms with Crippen molar-refractivity contribution in [1.29, 1.82) is 0 Å². The average Bonchev–Trinajstić information content (AvgIpc) is 2.48. The Balaban J connectivity index is 0.00000484. The van der Waals surface area contributed by atoms with Gasteiger partial charge in [0.25, 0.3) is 5.91 Å². The van der Waals surface area contributed by atoms with Crippen LogP contribution in [0.2, 0.25) is 5.02 Å². The van der Waals surface area contributed by atoms with E-state index in [4.69, 9.17) is 22.1 Å². The highest BCUT2D eigenvalue weighted by molar-refractivity contribution is 7.89. The minimum Gasteiger partial charge on any atom is -0.496 e. The molecule has 132 valence electrons. The van der Waals surface area contributed by atoms with Crippen LogP contribution in [0.25, 0.3) is 0 Å². The smallest absolute Gasteiger partial charge is 0.255 e. The van der Waals surface area contributed by atoms with Gasteiger partial charge in [-0.15, -0.1) is 12.4 Å². The molecule has 4 N–H and O–H groups in total. The zero-order chi connectivity index (χ0) is 16.8. The zero-order valence-corrected chi connectivity index (χ0v) is 15.3. The highest BCUT2D eigenvalue weighted by Gasteiger charge is 2.14. The average molecular weight is 386 g/mol. The lowest BCUT2D eigenvalue weighted by Gasteiger charge is -2.11. The Labute approximate surface area is 147 Å². The lowest BCUT2D eigenvalue weighted by Crippen LogP contribution is -2.30. The van der Waals surface area contributed by atoms with Crippen molar-refractivity contribution in [2.24, 2.45) is 0 Å². The van der Waals surface area contributed by atoms with Crippen molar-refractivity contribution < 1.29 is 17.9 Å². The molecule has 0 saturated carbocycles. The summed E-state index contributed by atoms with van der Waals surface area (Å²) < 4.78 is 30.0. The standard InChI is InChI=1S/C13H20ClN3O4S.ClH/c1-3-22(19,20)17-6-4-5-16-13(18)9-7-10(14)11(15)8-12(9)21-2;/h7-8,17H,3-6,15H2,1-2H3,(H,16,18);1H. The molecule has 0 unspecified atom stereocenters. The molecule has 0 heterocycles. The first-order valence-corrected chi connectivity index (χ1v) is 8.72. The van der Waals surface area contributed by atoms with Gasteiger partial charge in [-0.05, 0) is 19.4 Å². The Morgan fingerprint density at radius 1 is 1.35 bits per heavy atom. The summed E-state index contributed by atoms with van der Waals surface area (Å²) in [6.45, 7) is 2.13. The van der Waals surface area contributed by atoms with Crippen LogP contribution in [0, 0.1) is 0 Å². The van der Waals surface area contributed by atoms with Crippen LogP contribution in [-0.4, -0.2) is 40.3 Å². The van der Waals surface area contributed by atoms with Crippen molar-refractivity contribution in [2.75, 3.05) is 31.7 Å². The van der Waals surface area contributed by atoms with E-state index in [0.717, 1.165) is 0 Å². The van der Waals surface area contributed by atoms with E-state index in [1.807, 2.05) is 0 Å². The predicted octanol–water partition coefficient (Wildman–Crippen LogP) is 1.41. The molecule has 0 aliphatic heterocycles. The van der Waals surface area contributed by atoms with Crippen LogP contribution in [0.15, 0.2) is 12.1 Å². The summed E-state index contributed by atoms with van der Waals surface area (Å²) in [5, 5.41) is 2.94. The van der Waals surface area contributed by atoms with Gasteiger partial charge in [0.1, 0.15) is 5.75 Å². The maximum atomic E-state index is 12.1. The van der Waals surface area contributed by atoms with Gasteiger partial charge in [-0.25, -0.2) is 13.1 Å². The number of nitrogens with two attached hydrogens (primary N) is 1. The number of rotatable bonds is 8. The molecule has 0 spiro atoms. The topological polar surface area (TPSA) is 111 Å². The van der Waals surface area contributed by atoms with Crippen molar-refractivity contribution >= 4 is 45.6 Å². The van der Waals surface area contributed by atoms with Crippen LogP contribution < -0.4 is 20.5 Å². The van der Waals surface area contributed by atoms with E-state index in [-0.39, 0.29) is 41.2 Å². The number of nitrogen functional groups attached to an aromatic ring is 1. The van der Waals surface area contributed by atoms with Gasteiger partial charge in [0.15, 0.2) is 0 Å². The summed E-state index contributed by atoms with van der Waals surface area (Å²) in [7, 11) is -1.78. The Kier molecular flexibility index (Phi) is 9.29. The van der Waals surface area contributed by atoms with E-state index >= 15 is 0 Å². The molecule has 0 atom stereocenters. The fourth-order valence-electron chi connectivity index (χ4n) is 1.63. The van der Waals surface area contributed by atoms with Gasteiger partial charge in [-0.1, -0.05) is 11.6 Å². The maximum absolute atomic E-state index is 12.1. The number of ether oxygens (including phenoxy) is 1. The van der Waals surface area contributed by atoms with E-state index < -0.39 is 10.0 Å². The maximum Gasteiger partial charge on any atom is 0.255 e.